The lowest BCUT2D eigenvalue weighted by atomic mass is 10.1. The highest BCUT2D eigenvalue weighted by atomic mass is 28.4. The van der Waals surface area contributed by atoms with E-state index >= 15 is 0 Å². The van der Waals surface area contributed by atoms with Crippen molar-refractivity contribution in [3.05, 3.63) is 29.8 Å². The predicted octanol–water partition coefficient (Wildman–Crippen LogP) is 3.14. The topological polar surface area (TPSA) is 67.6 Å². The van der Waals surface area contributed by atoms with E-state index in [1.807, 2.05) is 24.3 Å². The molecule has 0 spiro atoms. The molecule has 1 aliphatic heterocycles. The number of hydrogen-bond donors (Lipinski definition) is 2. The summed E-state index contributed by atoms with van der Waals surface area (Å²) in [5.41, 5.74) is 3.89. The number of nitrogens with zero attached hydrogens (tertiary/aromatic N) is 1. The first-order valence-electron chi connectivity index (χ1n) is 8.64. The fourth-order valence-electron chi connectivity index (χ4n) is 2.65. The predicted molar refractivity (Wildman–Crippen MR) is 102 cm³/mol. The zero-order valence-electron chi connectivity index (χ0n) is 15.6. The van der Waals surface area contributed by atoms with Gasteiger partial charge in [0, 0.05) is 36.9 Å². The van der Waals surface area contributed by atoms with Crippen molar-refractivity contribution in [1.29, 1.82) is 0 Å². The molecule has 1 saturated heterocycles. The molecule has 0 radical (unpaired) electrons. The summed E-state index contributed by atoms with van der Waals surface area (Å²) in [7, 11) is -1.67. The molecular formula is C18H31N3O2Si. The summed E-state index contributed by atoms with van der Waals surface area (Å²) < 4.78 is 6.37. The van der Waals surface area contributed by atoms with Crippen molar-refractivity contribution in [2.45, 2.75) is 45.3 Å². The third kappa shape index (κ3) is 4.37. The second kappa shape index (κ2) is 7.25. The highest BCUT2D eigenvalue weighted by Gasteiger charge is 2.38. The molecule has 0 bridgehead atoms. The Morgan fingerprint density at radius 1 is 1.33 bits per heavy atom. The van der Waals surface area contributed by atoms with Crippen molar-refractivity contribution in [3.8, 4) is 0 Å². The van der Waals surface area contributed by atoms with E-state index in [2.05, 4.69) is 44.2 Å². The van der Waals surface area contributed by atoms with Gasteiger partial charge in [-0.25, -0.2) is 5.84 Å². The average molecular weight is 350 g/mol. The van der Waals surface area contributed by atoms with E-state index in [4.69, 9.17) is 10.3 Å². The van der Waals surface area contributed by atoms with Gasteiger partial charge in [-0.05, 0) is 48.8 Å². The molecule has 1 amide bonds. The zero-order chi connectivity index (χ0) is 18.0. The number of rotatable bonds is 5. The summed E-state index contributed by atoms with van der Waals surface area (Å²) in [6.45, 7) is 14.3. The van der Waals surface area contributed by atoms with Gasteiger partial charge in [0.25, 0.3) is 5.91 Å². The Morgan fingerprint density at radius 3 is 2.50 bits per heavy atom. The van der Waals surface area contributed by atoms with Crippen molar-refractivity contribution in [3.63, 3.8) is 0 Å². The van der Waals surface area contributed by atoms with Gasteiger partial charge in [-0.3, -0.25) is 10.2 Å². The fourth-order valence-corrected chi connectivity index (χ4v) is 3.74. The lowest BCUT2D eigenvalue weighted by molar-refractivity contribution is 0.0953. The van der Waals surface area contributed by atoms with Gasteiger partial charge in [-0.1, -0.05) is 20.8 Å². The number of anilines is 1. The van der Waals surface area contributed by atoms with E-state index in [9.17, 15) is 4.79 Å². The van der Waals surface area contributed by atoms with Crippen LogP contribution in [0.5, 0.6) is 0 Å². The van der Waals surface area contributed by atoms with Crippen molar-refractivity contribution < 1.29 is 9.22 Å². The number of nitrogens with one attached hydrogen (secondary N) is 1. The highest BCUT2D eigenvalue weighted by Crippen LogP contribution is 2.37. The van der Waals surface area contributed by atoms with Crippen LogP contribution in [0.4, 0.5) is 5.69 Å². The summed E-state index contributed by atoms with van der Waals surface area (Å²) in [4.78, 5) is 13.9. The second-order valence-corrected chi connectivity index (χ2v) is 13.0. The van der Waals surface area contributed by atoms with Crippen LogP contribution in [0.2, 0.25) is 18.1 Å². The summed E-state index contributed by atoms with van der Waals surface area (Å²) in [5.74, 6) is 5.48. The van der Waals surface area contributed by atoms with E-state index in [0.717, 1.165) is 31.8 Å². The van der Waals surface area contributed by atoms with Gasteiger partial charge in [0.2, 0.25) is 0 Å². The second-order valence-electron chi connectivity index (χ2n) is 8.19. The number of hydrogen-bond acceptors (Lipinski definition) is 4. The van der Waals surface area contributed by atoms with Gasteiger partial charge in [-0.2, -0.15) is 0 Å². The van der Waals surface area contributed by atoms with Crippen LogP contribution in [0.1, 0.15) is 37.6 Å². The molecule has 3 N–H and O–H groups in total. The molecule has 0 aromatic heterocycles. The van der Waals surface area contributed by atoms with Gasteiger partial charge in [-0.15, -0.1) is 0 Å². The average Bonchev–Trinajstić information content (AvgIpc) is 3.00. The van der Waals surface area contributed by atoms with Crippen molar-refractivity contribution in [2.24, 2.45) is 11.8 Å². The first kappa shape index (κ1) is 19.0. The molecule has 1 heterocycles. The minimum Gasteiger partial charge on any atom is -0.416 e. The maximum Gasteiger partial charge on any atom is 0.265 e. The number of amides is 1. The molecule has 1 aliphatic rings. The summed E-state index contributed by atoms with van der Waals surface area (Å²) >= 11 is 0. The molecular weight excluding hydrogens is 318 g/mol. The SMILES string of the molecule is CC(C)(C)[Si](C)(C)OCC1CCN(c2ccc(C(=O)NN)cc2)C1. The minimum absolute atomic E-state index is 0.255. The maximum atomic E-state index is 11.5. The van der Waals surface area contributed by atoms with E-state index in [-0.39, 0.29) is 10.9 Å². The lowest BCUT2D eigenvalue weighted by Gasteiger charge is -2.37. The Morgan fingerprint density at radius 2 is 1.96 bits per heavy atom. The number of nitrogens with two attached hydrogens (primary N) is 1. The quantitative estimate of drug-likeness (QED) is 0.371. The summed E-state index contributed by atoms with van der Waals surface area (Å²) in [6.07, 6.45) is 1.15. The Kier molecular flexibility index (Phi) is 5.73. The molecule has 2 rings (SSSR count). The molecule has 1 atom stereocenters. The largest absolute Gasteiger partial charge is 0.416 e. The molecule has 0 aliphatic carbocycles. The van der Waals surface area contributed by atoms with Crippen LogP contribution < -0.4 is 16.2 Å². The van der Waals surface area contributed by atoms with Gasteiger partial charge in [0.1, 0.15) is 0 Å². The third-order valence-corrected chi connectivity index (χ3v) is 9.90. The van der Waals surface area contributed by atoms with E-state index in [1.54, 1.807) is 0 Å². The molecule has 1 unspecified atom stereocenters. The third-order valence-electron chi connectivity index (χ3n) is 5.40. The lowest BCUT2D eigenvalue weighted by Crippen LogP contribution is -2.42. The number of hydrazine groups is 1. The van der Waals surface area contributed by atoms with E-state index in [1.165, 1.54) is 0 Å². The van der Waals surface area contributed by atoms with Gasteiger partial charge in [0.05, 0.1) is 0 Å². The molecule has 134 valence electrons. The van der Waals surface area contributed by atoms with Crippen LogP contribution >= 0.6 is 0 Å². The molecule has 0 saturated carbocycles. The van der Waals surface area contributed by atoms with E-state index in [0.29, 0.717) is 11.5 Å². The van der Waals surface area contributed by atoms with Crippen LogP contribution in [-0.2, 0) is 4.43 Å². The van der Waals surface area contributed by atoms with Crippen molar-refractivity contribution >= 4 is 19.9 Å². The van der Waals surface area contributed by atoms with Crippen LogP contribution in [-0.4, -0.2) is 33.9 Å². The van der Waals surface area contributed by atoms with Gasteiger partial charge >= 0.3 is 0 Å². The van der Waals surface area contributed by atoms with Crippen LogP contribution in [0, 0.1) is 5.92 Å². The van der Waals surface area contributed by atoms with Gasteiger partial charge < -0.3 is 9.33 Å². The molecule has 5 nitrogen and oxygen atoms in total. The summed E-state index contributed by atoms with van der Waals surface area (Å²) in [6, 6.07) is 7.61. The van der Waals surface area contributed by atoms with Crippen LogP contribution in [0.25, 0.3) is 0 Å². The smallest absolute Gasteiger partial charge is 0.265 e. The molecule has 1 aromatic rings. The molecule has 1 aromatic carbocycles. The van der Waals surface area contributed by atoms with Crippen molar-refractivity contribution in [2.75, 3.05) is 24.6 Å². The summed E-state index contributed by atoms with van der Waals surface area (Å²) in [5, 5.41) is 0.255. The Labute approximate surface area is 146 Å². The Hall–Kier alpha value is -1.37. The number of benzene rings is 1. The Bertz CT molecular complexity index is 567. The molecule has 6 heteroatoms. The first-order valence-corrected chi connectivity index (χ1v) is 11.5. The maximum absolute atomic E-state index is 11.5. The number of carbonyl (C=O) groups excluding carboxylic acids is 1. The first-order chi connectivity index (χ1) is 11.1. The zero-order valence-corrected chi connectivity index (χ0v) is 16.6. The number of carbonyl (C=O) groups is 1. The molecule has 24 heavy (non-hydrogen) atoms. The minimum atomic E-state index is -1.67. The van der Waals surface area contributed by atoms with Crippen molar-refractivity contribution in [1.82, 2.24) is 5.43 Å². The van der Waals surface area contributed by atoms with E-state index < -0.39 is 8.32 Å². The molecule has 1 fully saturated rings. The Balaban J connectivity index is 1.90. The highest BCUT2D eigenvalue weighted by molar-refractivity contribution is 6.74. The van der Waals surface area contributed by atoms with Crippen LogP contribution in [0.15, 0.2) is 24.3 Å². The van der Waals surface area contributed by atoms with Crippen LogP contribution in [0.3, 0.4) is 0 Å². The normalized spacial score (nSPS) is 18.8. The number of nitrogen functional groups attached to an aromatic ring is 1. The standard InChI is InChI=1S/C18H31N3O2Si/c1-18(2,3)24(4,5)23-13-14-10-11-21(12-14)16-8-6-15(7-9-16)17(22)20-19/h6-9,14H,10-13,19H2,1-5H3,(H,20,22). The fraction of sp³-hybridized carbons (Fsp3) is 0.611. The monoisotopic (exact) mass is 349 g/mol. The van der Waals surface area contributed by atoms with Gasteiger partial charge in [0.15, 0.2) is 8.32 Å².